The summed E-state index contributed by atoms with van der Waals surface area (Å²) in [5.41, 5.74) is 1.16. The second kappa shape index (κ2) is 13.4. The first-order valence-electron chi connectivity index (χ1n) is 11.4. The molecule has 1 aliphatic carbocycles. The van der Waals surface area contributed by atoms with Crippen molar-refractivity contribution in [3.63, 3.8) is 0 Å². The van der Waals surface area contributed by atoms with Gasteiger partial charge in [-0.2, -0.15) is 0 Å². The van der Waals surface area contributed by atoms with Gasteiger partial charge < -0.3 is 10.2 Å². The fourth-order valence-electron chi connectivity index (χ4n) is 4.45. The number of allylic oxidation sites excluding steroid dienone is 3. The molecule has 0 amide bonds. The highest BCUT2D eigenvalue weighted by Crippen LogP contribution is 2.47. The fourth-order valence-corrected chi connectivity index (χ4v) is 4.45. The van der Waals surface area contributed by atoms with Gasteiger partial charge in [-0.05, 0) is 49.5 Å². The average Bonchev–Trinajstić information content (AvgIpc) is 3.05. The van der Waals surface area contributed by atoms with Crippen LogP contribution in [0.15, 0.2) is 54.6 Å². The van der Waals surface area contributed by atoms with Crippen LogP contribution < -0.4 is 0 Å². The van der Waals surface area contributed by atoms with Gasteiger partial charge in [0.05, 0.1) is 6.10 Å². The molecule has 166 valence electrons. The zero-order valence-electron chi connectivity index (χ0n) is 18.1. The molecule has 1 aromatic carbocycles. The molecule has 1 fully saturated rings. The van der Waals surface area contributed by atoms with Crippen molar-refractivity contribution in [3.05, 3.63) is 60.2 Å². The van der Waals surface area contributed by atoms with E-state index >= 15 is 4.39 Å². The monoisotopic (exact) mass is 416 g/mol. The number of carbonyl (C=O) groups is 1. The van der Waals surface area contributed by atoms with Crippen LogP contribution in [-0.2, 0) is 4.79 Å². The highest BCUT2D eigenvalue weighted by molar-refractivity contribution is 5.66. The topological polar surface area (TPSA) is 57.5 Å². The summed E-state index contributed by atoms with van der Waals surface area (Å²) in [5.74, 6) is -0.737. The van der Waals surface area contributed by atoms with Gasteiger partial charge in [0, 0.05) is 12.3 Å². The van der Waals surface area contributed by atoms with E-state index in [9.17, 15) is 9.90 Å². The largest absolute Gasteiger partial charge is 0.481 e. The minimum Gasteiger partial charge on any atom is -0.481 e. The molecule has 0 bridgehead atoms. The quantitative estimate of drug-likeness (QED) is 0.287. The molecule has 2 rings (SSSR count). The molecule has 3 nitrogen and oxygen atoms in total. The summed E-state index contributed by atoms with van der Waals surface area (Å²) >= 11 is 0. The number of rotatable bonds is 13. The van der Waals surface area contributed by atoms with Crippen LogP contribution >= 0.6 is 0 Å². The van der Waals surface area contributed by atoms with E-state index in [0.717, 1.165) is 31.2 Å². The first-order chi connectivity index (χ1) is 14.5. The minimum absolute atomic E-state index is 0.0481. The standard InChI is InChI=1S/C26H37FO3/c1-2-3-7-14-21(28)17-18-22-23(15-10-4-5-11-16-26(29)30)25(27)19-24(22)20-12-8-6-9-13-20/h4,6,8-10,12-13,17-18,21-25,28H,2-3,5,7,11,14-16,19H2,1H3,(H,29,30)/b10-4-,18-17+/t21?,22-,23-,24?,25+/m0/s1. The molecule has 2 unspecified atom stereocenters. The van der Waals surface area contributed by atoms with E-state index in [1.54, 1.807) is 0 Å². The van der Waals surface area contributed by atoms with Gasteiger partial charge in [0.25, 0.3) is 0 Å². The smallest absolute Gasteiger partial charge is 0.303 e. The minimum atomic E-state index is -0.884. The predicted octanol–water partition coefficient (Wildman–Crippen LogP) is 6.44. The summed E-state index contributed by atoms with van der Waals surface area (Å²) in [6.07, 6.45) is 13.2. The van der Waals surface area contributed by atoms with Gasteiger partial charge in [-0.25, -0.2) is 4.39 Å². The van der Waals surface area contributed by atoms with E-state index in [1.807, 2.05) is 36.4 Å². The molecule has 5 atom stereocenters. The maximum Gasteiger partial charge on any atom is 0.303 e. The molecule has 1 saturated carbocycles. The van der Waals surface area contributed by atoms with Crippen LogP contribution in [0.4, 0.5) is 4.39 Å². The third-order valence-electron chi connectivity index (χ3n) is 6.13. The normalized spacial score (nSPS) is 25.3. The zero-order chi connectivity index (χ0) is 21.8. The zero-order valence-corrected chi connectivity index (χ0v) is 18.1. The van der Waals surface area contributed by atoms with E-state index in [-0.39, 0.29) is 24.2 Å². The molecular formula is C26H37FO3. The van der Waals surface area contributed by atoms with Crippen molar-refractivity contribution in [2.45, 2.75) is 82.9 Å². The molecule has 0 saturated heterocycles. The third kappa shape index (κ3) is 8.06. The van der Waals surface area contributed by atoms with Crippen molar-refractivity contribution in [2.24, 2.45) is 11.8 Å². The molecule has 1 aromatic rings. The number of aliphatic hydroxyl groups is 1. The number of benzene rings is 1. The number of alkyl halides is 1. The van der Waals surface area contributed by atoms with Gasteiger partial charge in [0.2, 0.25) is 0 Å². The lowest BCUT2D eigenvalue weighted by atomic mass is 9.82. The molecular weight excluding hydrogens is 379 g/mol. The van der Waals surface area contributed by atoms with Gasteiger partial charge in [0.15, 0.2) is 0 Å². The first-order valence-corrected chi connectivity index (χ1v) is 11.4. The Morgan fingerprint density at radius 2 is 1.97 bits per heavy atom. The van der Waals surface area contributed by atoms with Gasteiger partial charge in [-0.1, -0.05) is 80.8 Å². The summed E-state index contributed by atoms with van der Waals surface area (Å²) in [6.45, 7) is 2.15. The Kier molecular flexibility index (Phi) is 10.9. The van der Waals surface area contributed by atoms with E-state index in [4.69, 9.17) is 5.11 Å². The van der Waals surface area contributed by atoms with E-state index in [1.165, 1.54) is 0 Å². The summed E-state index contributed by atoms with van der Waals surface area (Å²) < 4.78 is 15.0. The maximum atomic E-state index is 15.0. The van der Waals surface area contributed by atoms with Crippen molar-refractivity contribution in [1.82, 2.24) is 0 Å². The molecule has 2 N–H and O–H groups in total. The lowest BCUT2D eigenvalue weighted by Gasteiger charge is -2.22. The molecule has 0 radical (unpaired) electrons. The van der Waals surface area contributed by atoms with Crippen LogP contribution in [0.5, 0.6) is 0 Å². The van der Waals surface area contributed by atoms with E-state index < -0.39 is 18.2 Å². The Morgan fingerprint density at radius 1 is 1.20 bits per heavy atom. The molecule has 0 aromatic heterocycles. The Morgan fingerprint density at radius 3 is 2.67 bits per heavy atom. The Bertz CT molecular complexity index is 670. The summed E-state index contributed by atoms with van der Waals surface area (Å²) in [6, 6.07) is 10.1. The number of halogens is 1. The Labute approximate surface area is 180 Å². The first kappa shape index (κ1) is 24.3. The number of hydrogen-bond donors (Lipinski definition) is 2. The van der Waals surface area contributed by atoms with Crippen molar-refractivity contribution < 1.29 is 19.4 Å². The Hall–Kier alpha value is -1.94. The van der Waals surface area contributed by atoms with Crippen LogP contribution in [0, 0.1) is 11.8 Å². The number of carboxylic acids is 1. The second-order valence-electron chi connectivity index (χ2n) is 8.45. The highest BCUT2D eigenvalue weighted by Gasteiger charge is 2.42. The van der Waals surface area contributed by atoms with Gasteiger partial charge in [-0.15, -0.1) is 0 Å². The number of aliphatic carboxylic acids is 1. The van der Waals surface area contributed by atoms with Crippen molar-refractivity contribution in [2.75, 3.05) is 0 Å². The predicted molar refractivity (Wildman–Crippen MR) is 120 cm³/mol. The number of hydrogen-bond acceptors (Lipinski definition) is 2. The number of aliphatic hydroxyl groups excluding tert-OH is 1. The van der Waals surface area contributed by atoms with Gasteiger partial charge >= 0.3 is 5.97 Å². The summed E-state index contributed by atoms with van der Waals surface area (Å²) in [4.78, 5) is 10.6. The Balaban J connectivity index is 2.05. The number of unbranched alkanes of at least 4 members (excludes halogenated alkanes) is 3. The van der Waals surface area contributed by atoms with Crippen molar-refractivity contribution >= 4 is 5.97 Å². The molecule has 30 heavy (non-hydrogen) atoms. The van der Waals surface area contributed by atoms with Crippen LogP contribution in [-0.4, -0.2) is 28.5 Å². The molecule has 0 spiro atoms. The average molecular weight is 417 g/mol. The van der Waals surface area contributed by atoms with E-state index in [2.05, 4.69) is 25.1 Å². The summed E-state index contributed by atoms with van der Waals surface area (Å²) in [7, 11) is 0. The molecule has 0 heterocycles. The van der Waals surface area contributed by atoms with E-state index in [0.29, 0.717) is 25.7 Å². The molecule has 0 aliphatic heterocycles. The van der Waals surface area contributed by atoms with Gasteiger partial charge in [0.1, 0.15) is 6.17 Å². The lowest BCUT2D eigenvalue weighted by molar-refractivity contribution is -0.137. The van der Waals surface area contributed by atoms with Crippen LogP contribution in [0.25, 0.3) is 0 Å². The van der Waals surface area contributed by atoms with Crippen molar-refractivity contribution in [1.29, 1.82) is 0 Å². The van der Waals surface area contributed by atoms with Crippen LogP contribution in [0.1, 0.15) is 76.2 Å². The fraction of sp³-hybridized carbons (Fsp3) is 0.577. The summed E-state index contributed by atoms with van der Waals surface area (Å²) in [5, 5.41) is 19.0. The third-order valence-corrected chi connectivity index (χ3v) is 6.13. The number of carboxylic acid groups (broad SMARTS) is 1. The van der Waals surface area contributed by atoms with Crippen LogP contribution in [0.3, 0.4) is 0 Å². The highest BCUT2D eigenvalue weighted by atomic mass is 19.1. The molecule has 1 aliphatic rings. The second-order valence-corrected chi connectivity index (χ2v) is 8.45. The molecule has 4 heteroatoms. The van der Waals surface area contributed by atoms with Crippen LogP contribution in [0.2, 0.25) is 0 Å². The van der Waals surface area contributed by atoms with Crippen molar-refractivity contribution in [3.8, 4) is 0 Å². The lowest BCUT2D eigenvalue weighted by Crippen LogP contribution is -2.16. The van der Waals surface area contributed by atoms with Gasteiger partial charge in [-0.3, -0.25) is 4.79 Å². The maximum absolute atomic E-state index is 15.0. The SMILES string of the molecule is CCCCCC(O)/C=C/[C@@H]1C(c2ccccc2)C[C@@H](F)[C@H]1C/C=C\CCCC(=O)O.